The third-order valence-corrected chi connectivity index (χ3v) is 4.55. The highest BCUT2D eigenvalue weighted by atomic mass is 16.6. The summed E-state index contributed by atoms with van der Waals surface area (Å²) in [5.41, 5.74) is 2.20. The summed E-state index contributed by atoms with van der Waals surface area (Å²) in [7, 11) is 1.93. The van der Waals surface area contributed by atoms with Crippen molar-refractivity contribution in [3.8, 4) is 17.0 Å². The van der Waals surface area contributed by atoms with Gasteiger partial charge in [0.25, 0.3) is 0 Å². The van der Waals surface area contributed by atoms with Crippen molar-refractivity contribution in [2.24, 2.45) is 7.05 Å². The highest BCUT2D eigenvalue weighted by Crippen LogP contribution is 2.21. The summed E-state index contributed by atoms with van der Waals surface area (Å²) in [6.45, 7) is 6.84. The minimum atomic E-state index is -0.211. The van der Waals surface area contributed by atoms with Gasteiger partial charge in [0.2, 0.25) is 0 Å². The fraction of sp³-hybridized carbons (Fsp3) is 0.474. The predicted octanol–water partition coefficient (Wildman–Crippen LogP) is 2.24. The maximum atomic E-state index is 11.7. The molecule has 2 aromatic rings. The number of piperazine rings is 1. The summed E-state index contributed by atoms with van der Waals surface area (Å²) in [6.07, 6.45) is 1.58. The molecule has 1 saturated heterocycles. The van der Waals surface area contributed by atoms with Crippen LogP contribution >= 0.6 is 0 Å². The molecular formula is C19H26N4O3. The molecule has 7 nitrogen and oxygen atoms in total. The van der Waals surface area contributed by atoms with Crippen LogP contribution in [0, 0.1) is 0 Å². The second kappa shape index (κ2) is 8.71. The second-order valence-electron chi connectivity index (χ2n) is 6.24. The van der Waals surface area contributed by atoms with Gasteiger partial charge in [0.1, 0.15) is 12.4 Å². The van der Waals surface area contributed by atoms with Gasteiger partial charge in [0.15, 0.2) is 0 Å². The van der Waals surface area contributed by atoms with Crippen LogP contribution < -0.4 is 4.74 Å². The molecule has 7 heteroatoms. The van der Waals surface area contributed by atoms with Gasteiger partial charge >= 0.3 is 6.09 Å². The number of carbonyl (C=O) groups is 1. The van der Waals surface area contributed by atoms with Crippen molar-refractivity contribution in [3.05, 3.63) is 36.5 Å². The van der Waals surface area contributed by atoms with E-state index in [1.807, 2.05) is 49.0 Å². The SMILES string of the molecule is CCOC(=O)N1CCN(CCOc2ccc(-c3ccnn3C)cc2)CC1. The molecule has 140 valence electrons. The molecule has 0 spiro atoms. The minimum Gasteiger partial charge on any atom is -0.492 e. The van der Waals surface area contributed by atoms with E-state index in [2.05, 4.69) is 10.00 Å². The van der Waals surface area contributed by atoms with Gasteiger partial charge in [0.05, 0.1) is 12.3 Å². The van der Waals surface area contributed by atoms with Crippen molar-refractivity contribution in [2.45, 2.75) is 6.92 Å². The van der Waals surface area contributed by atoms with Gasteiger partial charge in [0, 0.05) is 51.5 Å². The molecule has 0 aliphatic carbocycles. The molecule has 2 heterocycles. The molecule has 3 rings (SSSR count). The normalized spacial score (nSPS) is 15.1. The molecule has 0 saturated carbocycles. The Morgan fingerprint density at radius 3 is 2.46 bits per heavy atom. The third kappa shape index (κ3) is 4.54. The van der Waals surface area contributed by atoms with Gasteiger partial charge in [-0.3, -0.25) is 9.58 Å². The van der Waals surface area contributed by atoms with Gasteiger partial charge in [-0.1, -0.05) is 0 Å². The Hall–Kier alpha value is -2.54. The van der Waals surface area contributed by atoms with Crippen molar-refractivity contribution in [1.29, 1.82) is 0 Å². The van der Waals surface area contributed by atoms with Gasteiger partial charge in [-0.05, 0) is 37.3 Å². The van der Waals surface area contributed by atoms with E-state index < -0.39 is 0 Å². The molecule has 26 heavy (non-hydrogen) atoms. The van der Waals surface area contributed by atoms with E-state index in [1.165, 1.54) is 0 Å². The molecule has 0 N–H and O–H groups in total. The van der Waals surface area contributed by atoms with E-state index in [0.29, 0.717) is 26.3 Å². The molecule has 1 aromatic heterocycles. The Labute approximate surface area is 154 Å². The first-order valence-corrected chi connectivity index (χ1v) is 9.02. The van der Waals surface area contributed by atoms with Gasteiger partial charge in [-0.25, -0.2) is 4.79 Å². The lowest BCUT2D eigenvalue weighted by Gasteiger charge is -2.33. The van der Waals surface area contributed by atoms with Crippen molar-refractivity contribution in [2.75, 3.05) is 45.9 Å². The average Bonchev–Trinajstić information content (AvgIpc) is 3.09. The minimum absolute atomic E-state index is 0.211. The standard InChI is InChI=1S/C19H26N4O3/c1-3-25-19(24)23-12-10-22(11-13-23)14-15-26-17-6-4-16(5-7-17)18-8-9-20-21(18)2/h4-9H,3,10-15H2,1-2H3. The first kappa shape index (κ1) is 18.3. The van der Waals surface area contributed by atoms with Crippen LogP contribution in [0.3, 0.4) is 0 Å². The number of benzene rings is 1. The van der Waals surface area contributed by atoms with Crippen LogP contribution in [0.5, 0.6) is 5.75 Å². The molecule has 1 fully saturated rings. The lowest BCUT2D eigenvalue weighted by molar-refractivity contribution is 0.0757. The summed E-state index contributed by atoms with van der Waals surface area (Å²) >= 11 is 0. The summed E-state index contributed by atoms with van der Waals surface area (Å²) in [5, 5.41) is 4.19. The van der Waals surface area contributed by atoms with E-state index in [0.717, 1.165) is 36.6 Å². The number of aryl methyl sites for hydroxylation is 1. The van der Waals surface area contributed by atoms with Crippen LogP contribution in [-0.2, 0) is 11.8 Å². The van der Waals surface area contributed by atoms with Crippen molar-refractivity contribution < 1.29 is 14.3 Å². The topological polar surface area (TPSA) is 59.8 Å². The van der Waals surface area contributed by atoms with E-state index >= 15 is 0 Å². The fourth-order valence-electron chi connectivity index (χ4n) is 3.04. The number of aromatic nitrogens is 2. The molecule has 1 aromatic carbocycles. The van der Waals surface area contributed by atoms with Gasteiger partial charge < -0.3 is 14.4 Å². The Kier molecular flexibility index (Phi) is 6.12. The lowest BCUT2D eigenvalue weighted by atomic mass is 10.1. The van der Waals surface area contributed by atoms with Crippen LogP contribution in [-0.4, -0.2) is 71.6 Å². The molecule has 1 amide bonds. The number of hydrogen-bond donors (Lipinski definition) is 0. The number of rotatable bonds is 6. The maximum Gasteiger partial charge on any atom is 0.409 e. The number of ether oxygens (including phenoxy) is 2. The van der Waals surface area contributed by atoms with Crippen LogP contribution in [0.1, 0.15) is 6.92 Å². The van der Waals surface area contributed by atoms with E-state index in [1.54, 1.807) is 11.1 Å². The quantitative estimate of drug-likeness (QED) is 0.793. The predicted molar refractivity (Wildman–Crippen MR) is 99.2 cm³/mol. The third-order valence-electron chi connectivity index (χ3n) is 4.55. The zero-order valence-electron chi connectivity index (χ0n) is 15.4. The Morgan fingerprint density at radius 2 is 1.85 bits per heavy atom. The van der Waals surface area contributed by atoms with Gasteiger partial charge in [-0.2, -0.15) is 5.10 Å². The zero-order valence-corrected chi connectivity index (χ0v) is 15.4. The Morgan fingerprint density at radius 1 is 1.12 bits per heavy atom. The maximum absolute atomic E-state index is 11.7. The Balaban J connectivity index is 1.40. The number of hydrogen-bond acceptors (Lipinski definition) is 5. The summed E-state index contributed by atoms with van der Waals surface area (Å²) < 4.78 is 12.7. The molecular weight excluding hydrogens is 332 g/mol. The summed E-state index contributed by atoms with van der Waals surface area (Å²) in [6, 6.07) is 10.1. The number of carbonyl (C=O) groups excluding carboxylic acids is 1. The molecule has 0 radical (unpaired) electrons. The van der Waals surface area contributed by atoms with Crippen molar-refractivity contribution in [3.63, 3.8) is 0 Å². The van der Waals surface area contributed by atoms with E-state index in [-0.39, 0.29) is 6.09 Å². The highest BCUT2D eigenvalue weighted by Gasteiger charge is 2.21. The molecule has 0 atom stereocenters. The molecule has 1 aliphatic rings. The largest absolute Gasteiger partial charge is 0.492 e. The van der Waals surface area contributed by atoms with Crippen LogP contribution in [0.4, 0.5) is 4.79 Å². The first-order valence-electron chi connectivity index (χ1n) is 9.02. The molecule has 0 unspecified atom stereocenters. The highest BCUT2D eigenvalue weighted by molar-refractivity contribution is 5.67. The van der Waals surface area contributed by atoms with E-state index in [4.69, 9.17) is 9.47 Å². The lowest BCUT2D eigenvalue weighted by Crippen LogP contribution is -2.49. The van der Waals surface area contributed by atoms with Crippen LogP contribution in [0.25, 0.3) is 11.3 Å². The second-order valence-corrected chi connectivity index (χ2v) is 6.24. The van der Waals surface area contributed by atoms with Crippen LogP contribution in [0.2, 0.25) is 0 Å². The van der Waals surface area contributed by atoms with Crippen molar-refractivity contribution >= 4 is 6.09 Å². The summed E-state index contributed by atoms with van der Waals surface area (Å²) in [4.78, 5) is 15.8. The number of nitrogens with zero attached hydrogens (tertiary/aromatic N) is 4. The number of amides is 1. The average molecular weight is 358 g/mol. The monoisotopic (exact) mass is 358 g/mol. The first-order chi connectivity index (χ1) is 12.7. The van der Waals surface area contributed by atoms with Crippen molar-refractivity contribution in [1.82, 2.24) is 19.6 Å². The smallest absolute Gasteiger partial charge is 0.409 e. The summed E-state index contributed by atoms with van der Waals surface area (Å²) in [5.74, 6) is 0.862. The molecule has 1 aliphatic heterocycles. The van der Waals surface area contributed by atoms with Crippen LogP contribution in [0.15, 0.2) is 36.5 Å². The molecule has 0 bridgehead atoms. The Bertz CT molecular complexity index is 706. The van der Waals surface area contributed by atoms with Gasteiger partial charge in [-0.15, -0.1) is 0 Å². The van der Waals surface area contributed by atoms with E-state index in [9.17, 15) is 4.79 Å². The fourth-order valence-corrected chi connectivity index (χ4v) is 3.04. The zero-order chi connectivity index (χ0) is 18.4.